The molecule has 0 N–H and O–H groups in total. The second kappa shape index (κ2) is 23.4. The van der Waals surface area contributed by atoms with Gasteiger partial charge in [0.15, 0.2) is 0 Å². The van der Waals surface area contributed by atoms with E-state index in [4.69, 9.17) is 42.6 Å². The number of amides is 1. The van der Waals surface area contributed by atoms with Crippen LogP contribution in [0.3, 0.4) is 0 Å². The van der Waals surface area contributed by atoms with Crippen molar-refractivity contribution in [2.75, 3.05) is 25.5 Å². The van der Waals surface area contributed by atoms with Crippen molar-refractivity contribution in [3.63, 3.8) is 0 Å². The van der Waals surface area contributed by atoms with E-state index in [1.807, 2.05) is 74.5 Å². The number of hydrogen-bond donors (Lipinski definition) is 0. The molecule has 12 atom stereocenters. The third kappa shape index (κ3) is 13.5. The van der Waals surface area contributed by atoms with Crippen molar-refractivity contribution in [3.8, 4) is 0 Å². The molecule has 0 spiro atoms. The summed E-state index contributed by atoms with van der Waals surface area (Å²) in [6.45, 7) is 14.1. The number of ether oxygens (including phenoxy) is 9. The maximum atomic E-state index is 13.8. The molecule has 1 amide bonds. The molecule has 0 radical (unpaired) electrons. The molecule has 2 aromatic rings. The molecule has 334 valence electrons. The van der Waals surface area contributed by atoms with Crippen molar-refractivity contribution in [3.05, 3.63) is 71.8 Å². The third-order valence-electron chi connectivity index (χ3n) is 11.2. The van der Waals surface area contributed by atoms with Gasteiger partial charge < -0.3 is 9.47 Å². The van der Waals surface area contributed by atoms with Gasteiger partial charge >= 0.3 is 209 Å². The van der Waals surface area contributed by atoms with Crippen LogP contribution in [0.4, 0.5) is 4.79 Å². The molecule has 3 aliphatic heterocycles. The molecule has 0 bridgehead atoms. The summed E-state index contributed by atoms with van der Waals surface area (Å²) in [5.74, 6) is -4.21. The molecule has 14 nitrogen and oxygen atoms in total. The van der Waals surface area contributed by atoms with Crippen molar-refractivity contribution in [1.82, 2.24) is 4.90 Å². The van der Waals surface area contributed by atoms with Crippen molar-refractivity contribution in [1.29, 1.82) is 0 Å². The van der Waals surface area contributed by atoms with E-state index in [0.717, 1.165) is 24.6 Å². The molecular formula is C42H60B2NO13PS2. The standard InChI is InChI=1S/C42H60B2NO13PS2/c1-9-26(2)34-37(59-44-43-49)28(4)35(54-29(5)46)38(56-34)55-33-27(3)20-42(39(47)50-8,58-36(33)32-23-52-41(6,7)57-32)53-25-61-60-24-45(21-30-16-12-10-13-17-30)40(48)51-22-31-18-14-11-15-19-31/h10-19,26-28,32-38,44,59H,9,20-25H2,1-8H3/t26-,27+,28+,32+,33+,34?,35?,36?,37-,38-,42+/m0/s1. The summed E-state index contributed by atoms with van der Waals surface area (Å²) in [7, 11) is 5.14. The van der Waals surface area contributed by atoms with E-state index in [9.17, 15) is 19.1 Å². The van der Waals surface area contributed by atoms with Crippen LogP contribution in [0.5, 0.6) is 0 Å². The number of esters is 2. The van der Waals surface area contributed by atoms with Crippen LogP contribution in [0.1, 0.15) is 72.4 Å². The Kier molecular flexibility index (Phi) is 19.0. The number of carbonyl (C=O) groups is 3. The fraction of sp³-hybridized carbons (Fsp3) is 0.643. The fourth-order valence-corrected chi connectivity index (χ4v) is 11.2. The normalized spacial score (nSPS) is 30.3. The molecule has 0 aliphatic carbocycles. The zero-order valence-corrected chi connectivity index (χ0v) is 39.0. The number of methoxy groups -OCH3 is 1. The molecule has 19 heteroatoms. The Hall–Kier alpha value is -2.53. The SMILES string of the molecule is CC[C@H](C)C1O[C@H](O[C@H]2C([C@H]3COC(C)(C)O3)O[C@@](OCSSCN(Cc3ccccc3)C(=O)OCc3ccccc3)(C(=O)OC)C[C@H]2C)C(OC(C)=O)[C@@H](C)[C@@H]1PBB=O. The molecule has 3 aliphatic rings. The van der Waals surface area contributed by atoms with Crippen LogP contribution in [0.25, 0.3) is 0 Å². The summed E-state index contributed by atoms with van der Waals surface area (Å²) < 4.78 is 67.5. The van der Waals surface area contributed by atoms with Crippen LogP contribution in [0.2, 0.25) is 0 Å². The molecule has 2 aromatic carbocycles. The number of carbonyl (C=O) groups excluding carboxylic acids is 3. The van der Waals surface area contributed by atoms with Gasteiger partial charge in [-0.15, -0.1) is 0 Å². The third-order valence-corrected chi connectivity index (χ3v) is 14.9. The van der Waals surface area contributed by atoms with Gasteiger partial charge in [-0.05, 0) is 25.0 Å². The average molecular weight is 904 g/mol. The van der Waals surface area contributed by atoms with Gasteiger partial charge in [0.05, 0.1) is 13.0 Å². The van der Waals surface area contributed by atoms with Crippen LogP contribution in [0.15, 0.2) is 60.7 Å². The van der Waals surface area contributed by atoms with E-state index in [1.165, 1.54) is 35.6 Å². The molecule has 5 rings (SSSR count). The summed E-state index contributed by atoms with van der Waals surface area (Å²) in [6.07, 6.45) is -3.96. The first-order valence-corrected chi connectivity index (χ1v) is 24.6. The Bertz CT molecular complexity index is 1720. The van der Waals surface area contributed by atoms with Crippen LogP contribution < -0.4 is 0 Å². The molecule has 0 saturated carbocycles. The zero-order valence-electron chi connectivity index (χ0n) is 36.4. The Morgan fingerprint density at radius 1 is 1.02 bits per heavy atom. The van der Waals surface area contributed by atoms with Crippen molar-refractivity contribution in [2.24, 2.45) is 17.8 Å². The van der Waals surface area contributed by atoms with E-state index in [1.54, 1.807) is 18.7 Å². The van der Waals surface area contributed by atoms with Crippen LogP contribution >= 0.6 is 30.0 Å². The molecule has 4 unspecified atom stereocenters. The average Bonchev–Trinajstić information content (AvgIpc) is 3.62. The quantitative estimate of drug-likeness (QED) is 0.0264. The van der Waals surface area contributed by atoms with Gasteiger partial charge in [-0.2, -0.15) is 0 Å². The van der Waals surface area contributed by atoms with Crippen LogP contribution in [-0.2, 0) is 70.1 Å². The van der Waals surface area contributed by atoms with Crippen LogP contribution in [0, 0.1) is 17.8 Å². The molecular weight excluding hydrogens is 843 g/mol. The Morgan fingerprint density at radius 2 is 1.70 bits per heavy atom. The maximum absolute atomic E-state index is 13.8. The topological polar surface area (TPSA) is 155 Å². The summed E-state index contributed by atoms with van der Waals surface area (Å²) >= 11 is 0. The first-order valence-electron chi connectivity index (χ1n) is 20.8. The second-order valence-electron chi connectivity index (χ2n) is 16.2. The Balaban J connectivity index is 1.33. The van der Waals surface area contributed by atoms with Crippen molar-refractivity contribution >= 4 is 62.0 Å². The molecule has 3 saturated heterocycles. The van der Waals surface area contributed by atoms with E-state index in [0.29, 0.717) is 13.4 Å². The summed E-state index contributed by atoms with van der Waals surface area (Å²) in [5, 5.41) is 0. The van der Waals surface area contributed by atoms with Gasteiger partial charge in [0.1, 0.15) is 12.5 Å². The summed E-state index contributed by atoms with van der Waals surface area (Å²) in [6, 6.07) is 19.1. The van der Waals surface area contributed by atoms with E-state index >= 15 is 0 Å². The Labute approximate surface area is 370 Å². The summed E-state index contributed by atoms with van der Waals surface area (Å²) in [5.41, 5.74) is 1.79. The number of nitrogens with zero attached hydrogens (tertiary/aromatic N) is 1. The van der Waals surface area contributed by atoms with Crippen molar-refractivity contribution < 1.29 is 61.7 Å². The number of hydrogen-bond acceptors (Lipinski definition) is 15. The van der Waals surface area contributed by atoms with Crippen molar-refractivity contribution in [2.45, 2.75) is 129 Å². The van der Waals surface area contributed by atoms with E-state index in [2.05, 4.69) is 13.8 Å². The van der Waals surface area contributed by atoms with Gasteiger partial charge in [-0.1, -0.05) is 82.3 Å². The minimum absolute atomic E-state index is 0.00615. The van der Waals surface area contributed by atoms with Gasteiger partial charge in [0, 0.05) is 6.54 Å². The van der Waals surface area contributed by atoms with E-state index < -0.39 is 66.2 Å². The summed E-state index contributed by atoms with van der Waals surface area (Å²) in [4.78, 5) is 41.3. The number of benzene rings is 2. The minimum atomic E-state index is -1.85. The second-order valence-corrected chi connectivity index (χ2v) is 20.1. The number of rotatable bonds is 20. The first kappa shape index (κ1) is 49.5. The van der Waals surface area contributed by atoms with Gasteiger partial charge in [-0.3, -0.25) is 4.90 Å². The monoisotopic (exact) mass is 903 g/mol. The Morgan fingerprint density at radius 3 is 2.31 bits per heavy atom. The predicted octanol–water partition coefficient (Wildman–Crippen LogP) is 6.67. The van der Waals surface area contributed by atoms with Crippen LogP contribution in [-0.4, -0.2) is 116 Å². The molecule has 0 aromatic heterocycles. The van der Waals surface area contributed by atoms with Gasteiger partial charge in [0.2, 0.25) is 0 Å². The predicted molar refractivity (Wildman–Crippen MR) is 236 cm³/mol. The van der Waals surface area contributed by atoms with Gasteiger partial charge in [-0.25, -0.2) is 9.59 Å². The zero-order chi connectivity index (χ0) is 44.2. The van der Waals surface area contributed by atoms with Gasteiger partial charge in [0.25, 0.3) is 0 Å². The first-order chi connectivity index (χ1) is 29.2. The fourth-order valence-electron chi connectivity index (χ4n) is 7.94. The van der Waals surface area contributed by atoms with E-state index in [-0.39, 0.29) is 63.5 Å². The molecule has 3 heterocycles. The molecule has 61 heavy (non-hydrogen) atoms. The molecule has 3 fully saturated rings.